The van der Waals surface area contributed by atoms with Crippen LogP contribution in [0.25, 0.3) is 0 Å². The second-order valence-corrected chi connectivity index (χ2v) is 8.07. The highest BCUT2D eigenvalue weighted by Crippen LogP contribution is 2.29. The van der Waals surface area contributed by atoms with E-state index in [9.17, 15) is 0 Å². The third kappa shape index (κ3) is 7.71. The molecule has 0 fully saturated rings. The summed E-state index contributed by atoms with van der Waals surface area (Å²) in [4.78, 5) is 0. The van der Waals surface area contributed by atoms with E-state index in [1.165, 1.54) is 6.42 Å². The van der Waals surface area contributed by atoms with Crippen molar-refractivity contribution in [3.63, 3.8) is 0 Å². The Labute approximate surface area is 93.1 Å². The molecule has 3 heteroatoms. The zero-order chi connectivity index (χ0) is 10.6. The molecule has 0 heterocycles. The molecule has 0 aromatic carbocycles. The SMILES string of the molecule is C[C@@H](CC(C)(C)C)C(Br)O[Si](C)C. The van der Waals surface area contributed by atoms with Gasteiger partial charge < -0.3 is 4.43 Å². The lowest BCUT2D eigenvalue weighted by atomic mass is 9.86. The van der Waals surface area contributed by atoms with E-state index in [-0.39, 0.29) is 5.01 Å². The second kappa shape index (κ2) is 5.52. The number of hydrogen-bond acceptors (Lipinski definition) is 1. The summed E-state index contributed by atoms with van der Waals surface area (Å²) in [5, 5.41) is 0.232. The van der Waals surface area contributed by atoms with E-state index >= 15 is 0 Å². The van der Waals surface area contributed by atoms with E-state index in [2.05, 4.69) is 56.7 Å². The first-order chi connectivity index (χ1) is 5.72. The molecule has 1 unspecified atom stereocenters. The van der Waals surface area contributed by atoms with E-state index in [1.807, 2.05) is 0 Å². The van der Waals surface area contributed by atoms with Crippen molar-refractivity contribution in [2.45, 2.75) is 52.2 Å². The Morgan fingerprint density at radius 3 is 2.08 bits per heavy atom. The summed E-state index contributed by atoms with van der Waals surface area (Å²) in [6, 6.07) is 0. The van der Waals surface area contributed by atoms with Gasteiger partial charge in [0.15, 0.2) is 0 Å². The molecule has 79 valence electrons. The van der Waals surface area contributed by atoms with E-state index in [0.29, 0.717) is 11.3 Å². The molecule has 0 spiro atoms. The number of hydrogen-bond donors (Lipinski definition) is 0. The van der Waals surface area contributed by atoms with Crippen molar-refractivity contribution in [3.8, 4) is 0 Å². The van der Waals surface area contributed by atoms with Gasteiger partial charge in [0.1, 0.15) is 5.01 Å². The Morgan fingerprint density at radius 2 is 1.77 bits per heavy atom. The zero-order valence-corrected chi connectivity index (χ0v) is 12.2. The third-order valence-electron chi connectivity index (χ3n) is 1.73. The molecule has 0 aromatic heterocycles. The molecule has 2 atom stereocenters. The normalized spacial score (nSPS) is 17.5. The molecule has 0 aliphatic carbocycles. The van der Waals surface area contributed by atoms with Gasteiger partial charge in [-0.2, -0.15) is 0 Å². The monoisotopic (exact) mass is 265 g/mol. The minimum atomic E-state index is -0.580. The first-order valence-corrected chi connectivity index (χ1v) is 8.15. The summed E-state index contributed by atoms with van der Waals surface area (Å²) < 4.78 is 5.78. The molecule has 0 saturated carbocycles. The van der Waals surface area contributed by atoms with Crippen LogP contribution in [0.15, 0.2) is 0 Å². The summed E-state index contributed by atoms with van der Waals surface area (Å²) in [5.74, 6) is 0.583. The van der Waals surface area contributed by atoms with Crippen LogP contribution >= 0.6 is 15.9 Å². The topological polar surface area (TPSA) is 9.23 Å². The first-order valence-electron chi connectivity index (χ1n) is 4.83. The molecule has 1 nitrogen and oxygen atoms in total. The fourth-order valence-electron chi connectivity index (χ4n) is 1.40. The maximum Gasteiger partial charge on any atom is 0.206 e. The van der Waals surface area contributed by atoms with Gasteiger partial charge >= 0.3 is 0 Å². The third-order valence-corrected chi connectivity index (χ3v) is 3.89. The van der Waals surface area contributed by atoms with Crippen molar-refractivity contribution in [1.82, 2.24) is 0 Å². The standard InChI is InChI=1S/C10H22BrOSi/c1-8(7-10(2,3)4)9(11)12-13(5)6/h8-9H,7H2,1-6H3/t8-,9?/m0/s1. The van der Waals surface area contributed by atoms with Crippen molar-refractivity contribution in [2.24, 2.45) is 11.3 Å². The molecule has 0 N–H and O–H groups in total. The minimum Gasteiger partial charge on any atom is -0.405 e. The van der Waals surface area contributed by atoms with Gasteiger partial charge in [0.2, 0.25) is 9.04 Å². The molecular weight excluding hydrogens is 244 g/mol. The Kier molecular flexibility index (Phi) is 5.80. The molecule has 0 saturated heterocycles. The van der Waals surface area contributed by atoms with E-state index < -0.39 is 9.04 Å². The molecule has 0 bridgehead atoms. The number of halogens is 1. The zero-order valence-electron chi connectivity index (χ0n) is 9.65. The fraction of sp³-hybridized carbons (Fsp3) is 1.00. The predicted molar refractivity (Wildman–Crippen MR) is 64.5 cm³/mol. The molecule has 0 aliphatic heterocycles. The molecule has 0 amide bonds. The maximum absolute atomic E-state index is 5.78. The van der Waals surface area contributed by atoms with Crippen molar-refractivity contribution < 1.29 is 4.43 Å². The van der Waals surface area contributed by atoms with Gasteiger partial charge in [0.25, 0.3) is 0 Å². The van der Waals surface area contributed by atoms with Crippen molar-refractivity contribution in [3.05, 3.63) is 0 Å². The first kappa shape index (κ1) is 13.7. The summed E-state index contributed by atoms with van der Waals surface area (Å²) in [6.45, 7) is 13.4. The Hall–Kier alpha value is 0.657. The van der Waals surface area contributed by atoms with Crippen LogP contribution in [-0.2, 0) is 4.43 Å². The molecule has 0 rings (SSSR count). The van der Waals surface area contributed by atoms with Crippen LogP contribution in [-0.4, -0.2) is 14.1 Å². The summed E-state index contributed by atoms with van der Waals surface area (Å²) >= 11 is 3.60. The smallest absolute Gasteiger partial charge is 0.206 e. The summed E-state index contributed by atoms with van der Waals surface area (Å²) in [7, 11) is -0.580. The van der Waals surface area contributed by atoms with Crippen LogP contribution in [0.3, 0.4) is 0 Å². The molecule has 1 radical (unpaired) electrons. The lowest BCUT2D eigenvalue weighted by Crippen LogP contribution is -2.25. The Bertz CT molecular complexity index is 142. The van der Waals surface area contributed by atoms with E-state index in [4.69, 9.17) is 4.43 Å². The van der Waals surface area contributed by atoms with Gasteiger partial charge in [0.05, 0.1) is 0 Å². The highest BCUT2D eigenvalue weighted by atomic mass is 79.9. The summed E-state index contributed by atoms with van der Waals surface area (Å²) in [6.07, 6.45) is 1.19. The van der Waals surface area contributed by atoms with Crippen LogP contribution in [0, 0.1) is 11.3 Å². The van der Waals surface area contributed by atoms with Crippen molar-refractivity contribution >= 4 is 25.0 Å². The second-order valence-electron chi connectivity index (χ2n) is 5.12. The average molecular weight is 266 g/mol. The van der Waals surface area contributed by atoms with Gasteiger partial charge in [-0.1, -0.05) is 43.6 Å². The number of alkyl halides is 1. The Morgan fingerprint density at radius 1 is 1.31 bits per heavy atom. The van der Waals surface area contributed by atoms with Crippen molar-refractivity contribution in [1.29, 1.82) is 0 Å². The predicted octanol–water partition coefficient (Wildman–Crippen LogP) is 4.05. The highest BCUT2D eigenvalue weighted by Gasteiger charge is 2.22. The van der Waals surface area contributed by atoms with Gasteiger partial charge in [-0.25, -0.2) is 0 Å². The highest BCUT2D eigenvalue weighted by molar-refractivity contribution is 9.09. The molecule has 0 aliphatic rings. The molecule has 0 aromatic rings. The van der Waals surface area contributed by atoms with Crippen LogP contribution in [0.1, 0.15) is 34.1 Å². The maximum atomic E-state index is 5.78. The van der Waals surface area contributed by atoms with Gasteiger partial charge in [-0.15, -0.1) is 0 Å². The molecule has 13 heavy (non-hydrogen) atoms. The van der Waals surface area contributed by atoms with Crippen LogP contribution in [0.4, 0.5) is 0 Å². The van der Waals surface area contributed by atoms with Gasteiger partial charge in [0, 0.05) is 0 Å². The van der Waals surface area contributed by atoms with Crippen LogP contribution < -0.4 is 0 Å². The van der Waals surface area contributed by atoms with Gasteiger partial charge in [-0.05, 0) is 30.8 Å². The lowest BCUT2D eigenvalue weighted by molar-refractivity contribution is 0.188. The lowest BCUT2D eigenvalue weighted by Gasteiger charge is -2.27. The Balaban J connectivity index is 3.89. The van der Waals surface area contributed by atoms with Crippen LogP contribution in [0.2, 0.25) is 13.1 Å². The van der Waals surface area contributed by atoms with E-state index in [0.717, 1.165) is 0 Å². The van der Waals surface area contributed by atoms with Crippen LogP contribution in [0.5, 0.6) is 0 Å². The molecular formula is C10H22BrOSi. The van der Waals surface area contributed by atoms with E-state index in [1.54, 1.807) is 0 Å². The fourth-order valence-corrected chi connectivity index (χ4v) is 3.39. The summed E-state index contributed by atoms with van der Waals surface area (Å²) in [5.41, 5.74) is 0.392. The quantitative estimate of drug-likeness (QED) is 0.551. The van der Waals surface area contributed by atoms with Gasteiger partial charge in [-0.3, -0.25) is 0 Å². The average Bonchev–Trinajstić information content (AvgIpc) is 1.81. The minimum absolute atomic E-state index is 0.232. The van der Waals surface area contributed by atoms with Crippen molar-refractivity contribution in [2.75, 3.05) is 0 Å². The largest absolute Gasteiger partial charge is 0.405 e. The number of rotatable bonds is 4.